The van der Waals surface area contributed by atoms with Gasteiger partial charge >= 0.3 is 23.9 Å². The van der Waals surface area contributed by atoms with E-state index in [9.17, 15) is 19.2 Å². The SMILES string of the molecule is COC(=O)CCC(=O)Oc1ccc2c(OC(=O)CCC(=O)OC)cccc2c1. The smallest absolute Gasteiger partial charge is 0.311 e. The van der Waals surface area contributed by atoms with E-state index in [2.05, 4.69) is 9.47 Å². The molecule has 0 saturated heterocycles. The average molecular weight is 388 g/mol. The molecule has 0 heterocycles. The summed E-state index contributed by atoms with van der Waals surface area (Å²) in [5, 5.41) is 1.33. The second kappa shape index (κ2) is 10.1. The Balaban J connectivity index is 2.05. The molecular weight excluding hydrogens is 368 g/mol. The second-order valence-electron chi connectivity index (χ2n) is 5.74. The molecule has 0 spiro atoms. The maximum atomic E-state index is 11.9. The Bertz CT molecular complexity index is 887. The number of ether oxygens (including phenoxy) is 4. The number of carbonyl (C=O) groups excluding carboxylic acids is 4. The molecular formula is C20H20O8. The van der Waals surface area contributed by atoms with E-state index >= 15 is 0 Å². The summed E-state index contributed by atoms with van der Waals surface area (Å²) >= 11 is 0. The van der Waals surface area contributed by atoms with Gasteiger partial charge in [0.2, 0.25) is 0 Å². The van der Waals surface area contributed by atoms with Gasteiger partial charge in [-0.05, 0) is 29.7 Å². The highest BCUT2D eigenvalue weighted by Gasteiger charge is 2.13. The Hall–Kier alpha value is -3.42. The van der Waals surface area contributed by atoms with Crippen LogP contribution in [0.4, 0.5) is 0 Å². The van der Waals surface area contributed by atoms with Gasteiger partial charge in [0, 0.05) is 5.39 Å². The van der Waals surface area contributed by atoms with Gasteiger partial charge in [-0.3, -0.25) is 19.2 Å². The molecule has 2 rings (SSSR count). The van der Waals surface area contributed by atoms with Gasteiger partial charge in [-0.2, -0.15) is 0 Å². The maximum Gasteiger partial charge on any atom is 0.311 e. The molecule has 8 heteroatoms. The Morgan fingerprint density at radius 3 is 1.89 bits per heavy atom. The normalized spacial score (nSPS) is 10.2. The van der Waals surface area contributed by atoms with Gasteiger partial charge in [-0.15, -0.1) is 0 Å². The summed E-state index contributed by atoms with van der Waals surface area (Å²) in [6.07, 6.45) is -0.318. The van der Waals surface area contributed by atoms with E-state index < -0.39 is 23.9 Å². The minimum Gasteiger partial charge on any atom is -0.469 e. The Morgan fingerprint density at radius 1 is 0.714 bits per heavy atom. The predicted octanol–water partition coefficient (Wildman–Crippen LogP) is 2.56. The highest BCUT2D eigenvalue weighted by Crippen LogP contribution is 2.29. The molecule has 0 radical (unpaired) electrons. The Kier molecular flexibility index (Phi) is 7.50. The van der Waals surface area contributed by atoms with Crippen LogP contribution in [0, 0.1) is 0 Å². The van der Waals surface area contributed by atoms with Crippen LogP contribution in [0.25, 0.3) is 10.8 Å². The lowest BCUT2D eigenvalue weighted by molar-refractivity contribution is -0.144. The van der Waals surface area contributed by atoms with Crippen molar-refractivity contribution in [2.24, 2.45) is 0 Å². The molecule has 148 valence electrons. The number of hydrogen-bond acceptors (Lipinski definition) is 8. The van der Waals surface area contributed by atoms with Crippen LogP contribution in [0.3, 0.4) is 0 Å². The molecule has 2 aromatic carbocycles. The van der Waals surface area contributed by atoms with E-state index in [0.717, 1.165) is 0 Å². The van der Waals surface area contributed by atoms with E-state index in [1.165, 1.54) is 14.2 Å². The first kappa shape index (κ1) is 20.9. The molecule has 0 saturated carbocycles. The lowest BCUT2D eigenvalue weighted by Gasteiger charge is -2.09. The molecule has 0 amide bonds. The molecule has 0 aliphatic heterocycles. The van der Waals surface area contributed by atoms with Crippen LogP contribution in [-0.4, -0.2) is 38.1 Å². The molecule has 0 fully saturated rings. The number of esters is 4. The fourth-order valence-corrected chi connectivity index (χ4v) is 2.35. The monoisotopic (exact) mass is 388 g/mol. The van der Waals surface area contributed by atoms with Gasteiger partial charge in [-0.1, -0.05) is 12.1 Å². The van der Waals surface area contributed by atoms with E-state index in [4.69, 9.17) is 9.47 Å². The average Bonchev–Trinajstić information content (AvgIpc) is 2.70. The number of fused-ring (bicyclic) bond motifs is 1. The van der Waals surface area contributed by atoms with Crippen LogP contribution < -0.4 is 9.47 Å². The maximum absolute atomic E-state index is 11.9. The van der Waals surface area contributed by atoms with E-state index in [1.807, 2.05) is 0 Å². The second-order valence-corrected chi connectivity index (χ2v) is 5.74. The molecule has 0 N–H and O–H groups in total. The first-order valence-corrected chi connectivity index (χ1v) is 8.50. The van der Waals surface area contributed by atoms with Crippen molar-refractivity contribution in [2.45, 2.75) is 25.7 Å². The van der Waals surface area contributed by atoms with Crippen LogP contribution in [0.2, 0.25) is 0 Å². The van der Waals surface area contributed by atoms with Crippen LogP contribution >= 0.6 is 0 Å². The van der Waals surface area contributed by atoms with Gasteiger partial charge < -0.3 is 18.9 Å². The lowest BCUT2D eigenvalue weighted by Crippen LogP contribution is -2.12. The third-order valence-corrected chi connectivity index (χ3v) is 3.79. The largest absolute Gasteiger partial charge is 0.469 e. The van der Waals surface area contributed by atoms with Crippen molar-refractivity contribution in [3.8, 4) is 11.5 Å². The minimum absolute atomic E-state index is 0.0609. The van der Waals surface area contributed by atoms with Crippen molar-refractivity contribution in [2.75, 3.05) is 14.2 Å². The quantitative estimate of drug-likeness (QED) is 0.502. The fraction of sp³-hybridized carbons (Fsp3) is 0.300. The molecule has 8 nitrogen and oxygen atoms in total. The van der Waals surface area contributed by atoms with Crippen LogP contribution in [0.1, 0.15) is 25.7 Å². The molecule has 0 aliphatic rings. The molecule has 0 unspecified atom stereocenters. The lowest BCUT2D eigenvalue weighted by atomic mass is 10.1. The van der Waals surface area contributed by atoms with Crippen molar-refractivity contribution < 1.29 is 38.1 Å². The van der Waals surface area contributed by atoms with E-state index in [-0.39, 0.29) is 25.7 Å². The highest BCUT2D eigenvalue weighted by atomic mass is 16.5. The zero-order chi connectivity index (χ0) is 20.5. The summed E-state index contributed by atoms with van der Waals surface area (Å²) < 4.78 is 19.5. The van der Waals surface area contributed by atoms with E-state index in [1.54, 1.807) is 36.4 Å². The summed E-state index contributed by atoms with van der Waals surface area (Å²) in [6.45, 7) is 0. The third-order valence-electron chi connectivity index (χ3n) is 3.79. The van der Waals surface area contributed by atoms with Crippen LogP contribution in [0.15, 0.2) is 36.4 Å². The standard InChI is InChI=1S/C20H20O8/c1-25-17(21)8-10-19(23)27-14-6-7-15-13(12-14)4-3-5-16(15)28-20(24)11-9-18(22)26-2/h3-7,12H,8-11H2,1-2H3. The summed E-state index contributed by atoms with van der Waals surface area (Å²) in [6, 6.07) is 9.92. The number of rotatable bonds is 8. The summed E-state index contributed by atoms with van der Waals surface area (Å²) in [4.78, 5) is 45.9. The first-order chi connectivity index (χ1) is 13.4. The zero-order valence-electron chi connectivity index (χ0n) is 15.6. The number of methoxy groups -OCH3 is 2. The predicted molar refractivity (Wildman–Crippen MR) is 97.7 cm³/mol. The highest BCUT2D eigenvalue weighted by molar-refractivity contribution is 5.92. The van der Waals surface area contributed by atoms with Crippen molar-refractivity contribution in [1.82, 2.24) is 0 Å². The molecule has 28 heavy (non-hydrogen) atoms. The first-order valence-electron chi connectivity index (χ1n) is 8.50. The molecule has 0 bridgehead atoms. The van der Waals surface area contributed by atoms with Gasteiger partial charge in [0.15, 0.2) is 0 Å². The molecule has 0 aliphatic carbocycles. The summed E-state index contributed by atoms with van der Waals surface area (Å²) in [5.41, 5.74) is 0. The van der Waals surface area contributed by atoms with Gasteiger partial charge in [-0.25, -0.2) is 0 Å². The number of carbonyl (C=O) groups is 4. The minimum atomic E-state index is -0.560. The van der Waals surface area contributed by atoms with Crippen molar-refractivity contribution in [3.63, 3.8) is 0 Å². The Morgan fingerprint density at radius 2 is 1.29 bits per heavy atom. The molecule has 0 aromatic heterocycles. The number of benzene rings is 2. The summed E-state index contributed by atoms with van der Waals surface area (Å²) in [5.74, 6) is -1.47. The third kappa shape index (κ3) is 6.08. The van der Waals surface area contributed by atoms with Crippen LogP contribution in [-0.2, 0) is 28.7 Å². The van der Waals surface area contributed by atoms with Crippen molar-refractivity contribution >= 4 is 34.6 Å². The van der Waals surface area contributed by atoms with Gasteiger partial charge in [0.25, 0.3) is 0 Å². The fourth-order valence-electron chi connectivity index (χ4n) is 2.35. The van der Waals surface area contributed by atoms with Gasteiger partial charge in [0.1, 0.15) is 11.5 Å². The van der Waals surface area contributed by atoms with Crippen molar-refractivity contribution in [3.05, 3.63) is 36.4 Å². The number of hydrogen-bond donors (Lipinski definition) is 0. The molecule has 0 atom stereocenters. The Labute approximate surface area is 161 Å². The summed E-state index contributed by atoms with van der Waals surface area (Å²) in [7, 11) is 2.50. The zero-order valence-corrected chi connectivity index (χ0v) is 15.6. The molecule has 2 aromatic rings. The topological polar surface area (TPSA) is 105 Å². The van der Waals surface area contributed by atoms with Crippen molar-refractivity contribution in [1.29, 1.82) is 0 Å². The van der Waals surface area contributed by atoms with Gasteiger partial charge in [0.05, 0.1) is 39.9 Å². The van der Waals surface area contributed by atoms with Crippen LogP contribution in [0.5, 0.6) is 11.5 Å². The van der Waals surface area contributed by atoms with E-state index in [0.29, 0.717) is 22.3 Å².